The standard InChI is InChI=1S/C11H12O3/c12-9-4-1-3-8(7-9)11(13)10-5-2-6-14-10/h2,5-6,8H,1,3-4,7H2/t8-/m1/s1. The van der Waals surface area contributed by atoms with Gasteiger partial charge in [-0.1, -0.05) is 0 Å². The van der Waals surface area contributed by atoms with Crippen molar-refractivity contribution >= 4 is 11.6 Å². The fourth-order valence-corrected chi connectivity index (χ4v) is 1.87. The van der Waals surface area contributed by atoms with E-state index < -0.39 is 0 Å². The van der Waals surface area contributed by atoms with Crippen LogP contribution in [0.5, 0.6) is 0 Å². The highest BCUT2D eigenvalue weighted by molar-refractivity contribution is 5.98. The normalized spacial score (nSPS) is 22.3. The summed E-state index contributed by atoms with van der Waals surface area (Å²) in [6, 6.07) is 3.35. The molecule has 1 aromatic rings. The minimum Gasteiger partial charge on any atom is -0.461 e. The van der Waals surface area contributed by atoms with Crippen molar-refractivity contribution in [3.8, 4) is 0 Å². The lowest BCUT2D eigenvalue weighted by Gasteiger charge is -2.18. The van der Waals surface area contributed by atoms with Gasteiger partial charge in [0.25, 0.3) is 0 Å². The lowest BCUT2D eigenvalue weighted by Crippen LogP contribution is -2.22. The van der Waals surface area contributed by atoms with E-state index in [0.29, 0.717) is 18.6 Å². The summed E-state index contributed by atoms with van der Waals surface area (Å²) in [5.74, 6) is 0.399. The molecule has 0 bridgehead atoms. The Labute approximate surface area is 82.1 Å². The van der Waals surface area contributed by atoms with E-state index in [0.717, 1.165) is 12.8 Å². The van der Waals surface area contributed by atoms with Gasteiger partial charge in [0.15, 0.2) is 5.76 Å². The van der Waals surface area contributed by atoms with E-state index in [9.17, 15) is 9.59 Å². The van der Waals surface area contributed by atoms with Crippen LogP contribution in [0.1, 0.15) is 36.2 Å². The van der Waals surface area contributed by atoms with Crippen LogP contribution in [-0.2, 0) is 4.79 Å². The van der Waals surface area contributed by atoms with Gasteiger partial charge in [-0.25, -0.2) is 0 Å². The topological polar surface area (TPSA) is 47.3 Å². The minimum atomic E-state index is -0.151. The molecule has 0 amide bonds. The molecule has 1 aromatic heterocycles. The van der Waals surface area contributed by atoms with Crippen molar-refractivity contribution in [3.05, 3.63) is 24.2 Å². The average Bonchev–Trinajstić information content (AvgIpc) is 2.69. The molecule has 0 radical (unpaired) electrons. The van der Waals surface area contributed by atoms with Crippen molar-refractivity contribution in [1.29, 1.82) is 0 Å². The number of ketones is 2. The van der Waals surface area contributed by atoms with Crippen LogP contribution in [0, 0.1) is 5.92 Å². The first-order valence-corrected chi connectivity index (χ1v) is 4.87. The van der Waals surface area contributed by atoms with Gasteiger partial charge in [-0.3, -0.25) is 9.59 Å². The van der Waals surface area contributed by atoms with Gasteiger partial charge < -0.3 is 4.42 Å². The van der Waals surface area contributed by atoms with Crippen molar-refractivity contribution in [2.24, 2.45) is 5.92 Å². The summed E-state index contributed by atoms with van der Waals surface area (Å²) in [5.41, 5.74) is 0. The molecular formula is C11H12O3. The predicted octanol–water partition coefficient (Wildman–Crippen LogP) is 2.22. The zero-order valence-electron chi connectivity index (χ0n) is 7.86. The predicted molar refractivity (Wildman–Crippen MR) is 50.0 cm³/mol. The summed E-state index contributed by atoms with van der Waals surface area (Å²) >= 11 is 0. The average molecular weight is 192 g/mol. The quantitative estimate of drug-likeness (QED) is 0.675. The van der Waals surface area contributed by atoms with Gasteiger partial charge in [0.2, 0.25) is 5.78 Å². The summed E-state index contributed by atoms with van der Waals surface area (Å²) in [4.78, 5) is 22.9. The SMILES string of the molecule is O=C1CCC[C@@H](C(=O)c2ccco2)C1. The number of Topliss-reactive ketones (excluding diaryl/α,β-unsaturated/α-hetero) is 2. The molecule has 0 unspecified atom stereocenters. The molecule has 0 aromatic carbocycles. The maximum atomic E-state index is 11.8. The number of rotatable bonds is 2. The Morgan fingerprint density at radius 3 is 3.00 bits per heavy atom. The molecule has 1 heterocycles. The van der Waals surface area contributed by atoms with Gasteiger partial charge in [0, 0.05) is 18.8 Å². The van der Waals surface area contributed by atoms with Gasteiger partial charge in [0.1, 0.15) is 5.78 Å². The second kappa shape index (κ2) is 3.78. The molecule has 14 heavy (non-hydrogen) atoms. The maximum absolute atomic E-state index is 11.8. The lowest BCUT2D eigenvalue weighted by molar-refractivity contribution is -0.121. The van der Waals surface area contributed by atoms with Crippen LogP contribution in [-0.4, -0.2) is 11.6 Å². The highest BCUT2D eigenvalue weighted by Crippen LogP contribution is 2.24. The summed E-state index contributed by atoms with van der Waals surface area (Å²) in [7, 11) is 0. The molecule has 0 aliphatic heterocycles. The Kier molecular flexibility index (Phi) is 2.48. The third-order valence-electron chi connectivity index (χ3n) is 2.62. The lowest BCUT2D eigenvalue weighted by atomic mass is 9.85. The molecule has 0 saturated heterocycles. The van der Waals surface area contributed by atoms with Crippen LogP contribution in [0.15, 0.2) is 22.8 Å². The van der Waals surface area contributed by atoms with Gasteiger partial charge >= 0.3 is 0 Å². The van der Waals surface area contributed by atoms with Crippen LogP contribution >= 0.6 is 0 Å². The largest absolute Gasteiger partial charge is 0.461 e. The molecule has 3 heteroatoms. The molecule has 1 saturated carbocycles. The first-order valence-electron chi connectivity index (χ1n) is 4.87. The van der Waals surface area contributed by atoms with Gasteiger partial charge in [-0.2, -0.15) is 0 Å². The number of hydrogen-bond donors (Lipinski definition) is 0. The smallest absolute Gasteiger partial charge is 0.201 e. The second-order valence-corrected chi connectivity index (χ2v) is 3.67. The highest BCUT2D eigenvalue weighted by atomic mass is 16.3. The number of furan rings is 1. The van der Waals surface area contributed by atoms with E-state index in [2.05, 4.69) is 0 Å². The van der Waals surface area contributed by atoms with Crippen LogP contribution in [0.2, 0.25) is 0 Å². The van der Waals surface area contributed by atoms with Crippen LogP contribution < -0.4 is 0 Å². The van der Waals surface area contributed by atoms with Gasteiger partial charge in [-0.05, 0) is 25.0 Å². The molecule has 1 fully saturated rings. The molecule has 3 nitrogen and oxygen atoms in total. The van der Waals surface area contributed by atoms with Crippen molar-refractivity contribution in [1.82, 2.24) is 0 Å². The number of hydrogen-bond acceptors (Lipinski definition) is 3. The summed E-state index contributed by atoms with van der Waals surface area (Å²) < 4.78 is 5.02. The fourth-order valence-electron chi connectivity index (χ4n) is 1.87. The van der Waals surface area contributed by atoms with Crippen molar-refractivity contribution in [3.63, 3.8) is 0 Å². The first-order chi connectivity index (χ1) is 6.77. The first kappa shape index (κ1) is 9.19. The third-order valence-corrected chi connectivity index (χ3v) is 2.62. The van der Waals surface area contributed by atoms with E-state index in [1.54, 1.807) is 12.1 Å². The van der Waals surface area contributed by atoms with Crippen LogP contribution in [0.4, 0.5) is 0 Å². The van der Waals surface area contributed by atoms with Crippen LogP contribution in [0.25, 0.3) is 0 Å². The Morgan fingerprint density at radius 2 is 2.36 bits per heavy atom. The number of carbonyl (C=O) groups excluding carboxylic acids is 2. The zero-order valence-corrected chi connectivity index (χ0v) is 7.86. The van der Waals surface area contributed by atoms with Crippen molar-refractivity contribution < 1.29 is 14.0 Å². The van der Waals surface area contributed by atoms with Gasteiger partial charge in [0.05, 0.1) is 6.26 Å². The summed E-state index contributed by atoms with van der Waals surface area (Å²) in [5, 5.41) is 0. The second-order valence-electron chi connectivity index (χ2n) is 3.67. The van der Waals surface area contributed by atoms with Crippen LogP contribution in [0.3, 0.4) is 0 Å². The van der Waals surface area contributed by atoms with E-state index in [-0.39, 0.29) is 17.5 Å². The summed E-state index contributed by atoms with van der Waals surface area (Å²) in [6.07, 6.45) is 4.14. The Morgan fingerprint density at radius 1 is 1.50 bits per heavy atom. The molecule has 0 N–H and O–H groups in total. The highest BCUT2D eigenvalue weighted by Gasteiger charge is 2.27. The minimum absolute atomic E-state index is 0.0250. The molecule has 2 rings (SSSR count). The molecule has 74 valence electrons. The summed E-state index contributed by atoms with van der Waals surface area (Å²) in [6.45, 7) is 0. The monoisotopic (exact) mass is 192 g/mol. The molecule has 1 atom stereocenters. The fraction of sp³-hybridized carbons (Fsp3) is 0.455. The van der Waals surface area contributed by atoms with E-state index >= 15 is 0 Å². The van der Waals surface area contributed by atoms with E-state index in [1.807, 2.05) is 0 Å². The van der Waals surface area contributed by atoms with Crippen molar-refractivity contribution in [2.75, 3.05) is 0 Å². The third kappa shape index (κ3) is 1.76. The molecular weight excluding hydrogens is 180 g/mol. The Hall–Kier alpha value is -1.38. The molecule has 0 spiro atoms. The van der Waals surface area contributed by atoms with Gasteiger partial charge in [-0.15, -0.1) is 0 Å². The van der Waals surface area contributed by atoms with Crippen molar-refractivity contribution in [2.45, 2.75) is 25.7 Å². The maximum Gasteiger partial charge on any atom is 0.201 e. The molecule has 1 aliphatic carbocycles. The molecule has 1 aliphatic rings. The number of carbonyl (C=O) groups is 2. The Balaban J connectivity index is 2.08. The zero-order chi connectivity index (χ0) is 9.97. The van der Waals surface area contributed by atoms with E-state index in [1.165, 1.54) is 6.26 Å². The van der Waals surface area contributed by atoms with E-state index in [4.69, 9.17) is 4.42 Å². The Bertz CT molecular complexity index is 337.